The van der Waals surface area contributed by atoms with E-state index in [2.05, 4.69) is 4.74 Å². The number of carbonyl (C=O) groups excluding carboxylic acids is 1. The highest BCUT2D eigenvalue weighted by molar-refractivity contribution is 5.88. The minimum absolute atomic E-state index is 0.0156. The Morgan fingerprint density at radius 1 is 0.500 bits per heavy atom. The topological polar surface area (TPSA) is 26.3 Å². The molecule has 0 amide bonds. The van der Waals surface area contributed by atoms with Gasteiger partial charge >= 0.3 is 53.8 Å². The van der Waals surface area contributed by atoms with Crippen molar-refractivity contribution in [2.75, 3.05) is 0 Å². The Bertz CT molecular complexity index is 939. The second-order valence-corrected chi connectivity index (χ2v) is 9.92. The zero-order chi connectivity index (χ0) is 35.1. The predicted molar refractivity (Wildman–Crippen MR) is 122 cm³/mol. The number of hydrogen-bond acceptors (Lipinski definition) is 2. The number of alkyl halides is 17. The molecule has 0 saturated heterocycles. The van der Waals surface area contributed by atoms with Crippen molar-refractivity contribution in [1.29, 1.82) is 0 Å². The molecule has 0 spiro atoms. The van der Waals surface area contributed by atoms with E-state index in [9.17, 15) is 79.4 Å². The summed E-state index contributed by atoms with van der Waals surface area (Å²) in [6.07, 6.45) is -7.42. The van der Waals surface area contributed by atoms with Gasteiger partial charge in [0, 0.05) is 5.57 Å². The number of carbonyl (C=O) groups is 1. The molecule has 0 aromatic rings. The molecule has 0 radical (unpaired) electrons. The van der Waals surface area contributed by atoms with Crippen molar-refractivity contribution in [3.63, 3.8) is 0 Å². The zero-order valence-corrected chi connectivity index (χ0v) is 23.3. The normalized spacial score (nSPS) is 15.1. The first-order chi connectivity index (χ1) is 19.7. The summed E-state index contributed by atoms with van der Waals surface area (Å²) >= 11 is 0. The Morgan fingerprint density at radius 2 is 0.841 bits per heavy atom. The highest BCUT2D eigenvalue weighted by Crippen LogP contribution is 2.64. The van der Waals surface area contributed by atoms with Gasteiger partial charge in [0.05, 0.1) is 0 Å². The molecule has 0 unspecified atom stereocenters. The van der Waals surface area contributed by atoms with Crippen LogP contribution in [0.25, 0.3) is 0 Å². The molecule has 0 N–H and O–H groups in total. The van der Waals surface area contributed by atoms with Gasteiger partial charge in [-0.3, -0.25) is 0 Å². The van der Waals surface area contributed by atoms with Crippen LogP contribution in [0.5, 0.6) is 0 Å². The number of ether oxygens (including phenoxy) is 1. The van der Waals surface area contributed by atoms with Crippen molar-refractivity contribution >= 4 is 5.97 Å². The van der Waals surface area contributed by atoms with Crippen LogP contribution in [0.2, 0.25) is 0 Å². The highest BCUT2D eigenvalue weighted by Gasteiger charge is 2.95. The maximum atomic E-state index is 14.0. The van der Waals surface area contributed by atoms with Gasteiger partial charge in [-0.05, 0) is 19.3 Å². The van der Waals surface area contributed by atoms with Crippen LogP contribution in [0.3, 0.4) is 0 Å². The second-order valence-electron chi connectivity index (χ2n) is 9.92. The Balaban J connectivity index is 5.84. The molecule has 0 aromatic heterocycles. The van der Waals surface area contributed by atoms with E-state index < -0.39 is 65.8 Å². The fourth-order valence-corrected chi connectivity index (χ4v) is 3.73. The van der Waals surface area contributed by atoms with Crippen molar-refractivity contribution in [3.05, 3.63) is 11.6 Å². The predicted octanol–water partition coefficient (Wildman–Crippen LogP) is 11.1. The first kappa shape index (κ1) is 42.0. The van der Waals surface area contributed by atoms with Crippen LogP contribution in [-0.2, 0) is 9.53 Å². The van der Waals surface area contributed by atoms with E-state index in [0.717, 1.165) is 51.0 Å². The highest BCUT2D eigenvalue weighted by atomic mass is 19.4. The molecule has 0 aliphatic carbocycles. The van der Waals surface area contributed by atoms with E-state index in [1.807, 2.05) is 6.92 Å². The molecule has 44 heavy (non-hydrogen) atoms. The number of allylic oxidation sites excluding steroid dienone is 1. The van der Waals surface area contributed by atoms with Gasteiger partial charge < -0.3 is 4.74 Å². The average molecular weight is 686 g/mol. The Hall–Kier alpha value is -1.98. The molecule has 262 valence electrons. The molecule has 2 nitrogen and oxygen atoms in total. The summed E-state index contributed by atoms with van der Waals surface area (Å²) < 4.78 is 230. The van der Waals surface area contributed by atoms with Gasteiger partial charge in [0.15, 0.2) is 0 Å². The third kappa shape index (κ3) is 8.43. The van der Waals surface area contributed by atoms with Crippen LogP contribution < -0.4 is 0 Å². The molecule has 0 heterocycles. The Kier molecular flexibility index (Phi) is 14.4. The van der Waals surface area contributed by atoms with Crippen LogP contribution >= 0.6 is 0 Å². The van der Waals surface area contributed by atoms with Crippen LogP contribution in [-0.4, -0.2) is 53.8 Å². The van der Waals surface area contributed by atoms with Crippen molar-refractivity contribution in [1.82, 2.24) is 0 Å². The fraction of sp³-hybridized carbons (Fsp3) is 0.880. The number of unbranched alkanes of at least 4 members (excludes halogenated alkanes) is 9. The van der Waals surface area contributed by atoms with E-state index in [0.29, 0.717) is 12.8 Å². The molecule has 0 bridgehead atoms. The third-order valence-electron chi connectivity index (χ3n) is 6.43. The smallest absolute Gasteiger partial charge is 0.393 e. The minimum Gasteiger partial charge on any atom is -0.393 e. The summed E-state index contributed by atoms with van der Waals surface area (Å²) in [5, 5.41) is 0. The van der Waals surface area contributed by atoms with Crippen molar-refractivity contribution < 1.29 is 84.2 Å². The van der Waals surface area contributed by atoms with Crippen LogP contribution in [0, 0.1) is 0 Å². The van der Waals surface area contributed by atoms with Crippen molar-refractivity contribution in [2.45, 2.75) is 139 Å². The first-order valence-electron chi connectivity index (χ1n) is 13.3. The van der Waals surface area contributed by atoms with Gasteiger partial charge in [-0.15, -0.1) is 0 Å². The van der Waals surface area contributed by atoms with E-state index in [4.69, 9.17) is 0 Å². The van der Waals surface area contributed by atoms with Crippen LogP contribution in [0.15, 0.2) is 11.6 Å². The molecule has 0 fully saturated rings. The lowest BCUT2D eigenvalue weighted by Gasteiger charge is -2.42. The fourth-order valence-electron chi connectivity index (χ4n) is 3.73. The largest absolute Gasteiger partial charge is 0.473 e. The monoisotopic (exact) mass is 686 g/mol. The molecule has 0 aliphatic heterocycles. The number of rotatable bonds is 20. The van der Waals surface area contributed by atoms with Crippen molar-refractivity contribution in [2.24, 2.45) is 0 Å². The Morgan fingerprint density at radius 3 is 1.20 bits per heavy atom. The van der Waals surface area contributed by atoms with E-state index in [1.165, 1.54) is 6.92 Å². The Labute approximate surface area is 241 Å². The molecule has 0 aromatic carbocycles. The van der Waals surface area contributed by atoms with Gasteiger partial charge in [0.1, 0.15) is 0 Å². The summed E-state index contributed by atoms with van der Waals surface area (Å²) in [5.41, 5.74) is -0.876. The van der Waals surface area contributed by atoms with E-state index >= 15 is 0 Å². The molecule has 0 aliphatic rings. The quantitative estimate of drug-likeness (QED) is 0.0552. The maximum absolute atomic E-state index is 14.0. The van der Waals surface area contributed by atoms with Crippen molar-refractivity contribution in [3.8, 4) is 0 Å². The summed E-state index contributed by atoms with van der Waals surface area (Å²) in [4.78, 5) is 12.0. The molecular formula is C25H31F17O2. The lowest BCUT2D eigenvalue weighted by atomic mass is 9.90. The van der Waals surface area contributed by atoms with Crippen LogP contribution in [0.1, 0.15) is 90.9 Å². The van der Waals surface area contributed by atoms with Gasteiger partial charge in [0.25, 0.3) is 0 Å². The average Bonchev–Trinajstić information content (AvgIpc) is 2.87. The van der Waals surface area contributed by atoms with Gasteiger partial charge in [0.2, 0.25) is 0 Å². The second kappa shape index (κ2) is 15.1. The lowest BCUT2D eigenvalue weighted by molar-refractivity contribution is -0.473. The standard InChI is InChI=1S/C25H31F17O2/c1-3-5-6-7-8-9-10-11-12-13-15-16(14-4-2)17(43)44-25(41,42)23(36,37)21(32,33)19(28,29)18(26,27)20(30,31)22(34,35)24(38,39)40/h14H,3-13,15H2,1-2H3. The molecular weight excluding hydrogens is 655 g/mol. The summed E-state index contributed by atoms with van der Waals surface area (Å²) in [5.74, 6) is -53.4. The van der Waals surface area contributed by atoms with E-state index in [-0.39, 0.29) is 12.8 Å². The van der Waals surface area contributed by atoms with Gasteiger partial charge in [-0.2, -0.15) is 74.6 Å². The first-order valence-corrected chi connectivity index (χ1v) is 13.3. The third-order valence-corrected chi connectivity index (χ3v) is 6.43. The minimum atomic E-state index is -8.74. The van der Waals surface area contributed by atoms with Crippen LogP contribution in [0.4, 0.5) is 74.6 Å². The SMILES string of the molecule is CCC=C(CCCCCCCCCCCC)C(=O)OC(F)(F)C(F)(F)C(F)(F)C(F)(F)C(F)(F)C(F)(F)C(F)(F)C(F)(F)F. The molecule has 0 rings (SSSR count). The molecule has 0 saturated carbocycles. The summed E-state index contributed by atoms with van der Waals surface area (Å²) in [6.45, 7) is 3.30. The number of hydrogen-bond donors (Lipinski definition) is 0. The maximum Gasteiger partial charge on any atom is 0.473 e. The lowest BCUT2D eigenvalue weighted by Crippen LogP contribution is -2.74. The summed E-state index contributed by atoms with van der Waals surface area (Å²) in [7, 11) is 0. The molecule has 0 atom stereocenters. The number of esters is 1. The van der Waals surface area contributed by atoms with Gasteiger partial charge in [-0.25, -0.2) is 4.79 Å². The van der Waals surface area contributed by atoms with E-state index in [1.54, 1.807) is 0 Å². The zero-order valence-electron chi connectivity index (χ0n) is 23.3. The summed E-state index contributed by atoms with van der Waals surface area (Å²) in [6, 6.07) is 0. The number of halogens is 17. The molecule has 19 heteroatoms. The van der Waals surface area contributed by atoms with Gasteiger partial charge in [-0.1, -0.05) is 77.7 Å².